The van der Waals surface area contributed by atoms with E-state index in [1.807, 2.05) is 42.7 Å². The molecule has 134 valence electrons. The van der Waals surface area contributed by atoms with Crippen LogP contribution < -0.4 is 0 Å². The predicted molar refractivity (Wildman–Crippen MR) is 95.4 cm³/mol. The van der Waals surface area contributed by atoms with Gasteiger partial charge in [-0.1, -0.05) is 29.8 Å². The molecule has 0 saturated carbocycles. The molecule has 0 radical (unpaired) electrons. The lowest BCUT2D eigenvalue weighted by atomic mass is 10.1. The fourth-order valence-corrected chi connectivity index (χ4v) is 3.52. The summed E-state index contributed by atoms with van der Waals surface area (Å²) in [5.41, 5.74) is 1.64. The van der Waals surface area contributed by atoms with Crippen LogP contribution in [0, 0.1) is 13.8 Å². The molecule has 1 aliphatic rings. The van der Waals surface area contributed by atoms with Gasteiger partial charge < -0.3 is 9.32 Å². The lowest BCUT2D eigenvalue weighted by Gasteiger charge is -2.32. The van der Waals surface area contributed by atoms with Crippen LogP contribution in [0.5, 0.6) is 0 Å². The molecule has 3 heterocycles. The lowest BCUT2D eigenvalue weighted by molar-refractivity contribution is -0.137. The number of carbonyl (C=O) groups is 1. The minimum Gasteiger partial charge on any atom is -0.437 e. The fraction of sp³-hybridized carbons (Fsp3) is 0.333. The zero-order valence-electron chi connectivity index (χ0n) is 14.7. The molecule has 1 aliphatic heterocycles. The zero-order valence-corrected chi connectivity index (χ0v) is 15.5. The van der Waals surface area contributed by atoms with Gasteiger partial charge in [0, 0.05) is 18.5 Å². The van der Waals surface area contributed by atoms with Crippen LogP contribution in [0.15, 0.2) is 28.7 Å². The van der Waals surface area contributed by atoms with E-state index in [-0.39, 0.29) is 5.91 Å². The van der Waals surface area contributed by atoms with Crippen molar-refractivity contribution in [3.63, 3.8) is 0 Å². The smallest absolute Gasteiger partial charge is 0.246 e. The number of rotatable bonds is 3. The molecule has 2 aromatic heterocycles. The second-order valence-corrected chi connectivity index (χ2v) is 6.83. The highest BCUT2D eigenvalue weighted by Crippen LogP contribution is 2.31. The van der Waals surface area contributed by atoms with Crippen molar-refractivity contribution in [2.45, 2.75) is 39.9 Å². The number of amides is 1. The average molecular weight is 372 g/mol. The Hall–Kier alpha value is -2.67. The summed E-state index contributed by atoms with van der Waals surface area (Å²) < 4.78 is 7.50. The number of benzene rings is 1. The van der Waals surface area contributed by atoms with E-state index < -0.39 is 6.04 Å². The Kier molecular flexibility index (Phi) is 4.03. The van der Waals surface area contributed by atoms with Gasteiger partial charge in [0.05, 0.1) is 12.2 Å². The van der Waals surface area contributed by atoms with E-state index in [0.29, 0.717) is 41.4 Å². The van der Waals surface area contributed by atoms with Gasteiger partial charge in [-0.15, -0.1) is 10.2 Å². The summed E-state index contributed by atoms with van der Waals surface area (Å²) in [4.78, 5) is 19.0. The number of carbonyl (C=O) groups excluding carboxylic acids is 1. The predicted octanol–water partition coefficient (Wildman–Crippen LogP) is 3.31. The number of aromatic nitrogens is 4. The van der Waals surface area contributed by atoms with E-state index >= 15 is 0 Å². The SMILES string of the molecule is Cc1nc(C)c(-c2nnc3n2[C@@H](C)C(=O)N(Cc2ccccc2Cl)C3)o1. The van der Waals surface area contributed by atoms with Crippen molar-refractivity contribution in [2.24, 2.45) is 0 Å². The van der Waals surface area contributed by atoms with Gasteiger partial charge in [-0.2, -0.15) is 0 Å². The number of hydrogen-bond donors (Lipinski definition) is 0. The maximum Gasteiger partial charge on any atom is 0.246 e. The van der Waals surface area contributed by atoms with Crippen LogP contribution in [-0.2, 0) is 17.9 Å². The molecule has 0 saturated heterocycles. The van der Waals surface area contributed by atoms with Gasteiger partial charge in [0.25, 0.3) is 0 Å². The van der Waals surface area contributed by atoms with Crippen LogP contribution in [0.1, 0.15) is 35.9 Å². The Labute approximate surface area is 155 Å². The number of aryl methyl sites for hydroxylation is 2. The molecule has 1 amide bonds. The molecule has 0 bridgehead atoms. The molecule has 3 aromatic rings. The first-order chi connectivity index (χ1) is 12.5. The van der Waals surface area contributed by atoms with Crippen molar-refractivity contribution in [1.82, 2.24) is 24.6 Å². The van der Waals surface area contributed by atoms with Crippen molar-refractivity contribution in [3.05, 3.63) is 52.3 Å². The van der Waals surface area contributed by atoms with Crippen LogP contribution in [0.3, 0.4) is 0 Å². The third-order valence-electron chi connectivity index (χ3n) is 4.58. The molecule has 0 aliphatic carbocycles. The second kappa shape index (κ2) is 6.25. The minimum absolute atomic E-state index is 0.00707. The Bertz CT molecular complexity index is 993. The minimum atomic E-state index is -0.434. The first kappa shape index (κ1) is 16.8. The van der Waals surface area contributed by atoms with Gasteiger partial charge in [0.15, 0.2) is 17.5 Å². The maximum atomic E-state index is 12.9. The van der Waals surface area contributed by atoms with Crippen LogP contribution in [0.25, 0.3) is 11.6 Å². The number of halogens is 1. The summed E-state index contributed by atoms with van der Waals surface area (Å²) in [7, 11) is 0. The van der Waals surface area contributed by atoms with E-state index in [0.717, 1.165) is 11.3 Å². The summed E-state index contributed by atoms with van der Waals surface area (Å²) in [6, 6.07) is 7.10. The highest BCUT2D eigenvalue weighted by atomic mass is 35.5. The Morgan fingerprint density at radius 1 is 1.27 bits per heavy atom. The summed E-state index contributed by atoms with van der Waals surface area (Å²) in [5.74, 6) is 2.36. The fourth-order valence-electron chi connectivity index (χ4n) is 3.32. The molecular weight excluding hydrogens is 354 g/mol. The molecule has 0 spiro atoms. The summed E-state index contributed by atoms with van der Waals surface area (Å²) in [6.07, 6.45) is 0. The Balaban J connectivity index is 1.69. The average Bonchev–Trinajstić information content (AvgIpc) is 3.16. The van der Waals surface area contributed by atoms with Crippen molar-refractivity contribution >= 4 is 17.5 Å². The maximum absolute atomic E-state index is 12.9. The van der Waals surface area contributed by atoms with Gasteiger partial charge in [0.1, 0.15) is 6.04 Å². The third kappa shape index (κ3) is 2.68. The summed E-state index contributed by atoms with van der Waals surface area (Å²) in [5, 5.41) is 9.19. The molecule has 1 aromatic carbocycles. The lowest BCUT2D eigenvalue weighted by Crippen LogP contribution is -2.41. The molecule has 0 unspecified atom stereocenters. The van der Waals surface area contributed by atoms with Crippen molar-refractivity contribution < 1.29 is 9.21 Å². The van der Waals surface area contributed by atoms with Crippen molar-refractivity contribution in [2.75, 3.05) is 0 Å². The molecular formula is C18H18ClN5O2. The van der Waals surface area contributed by atoms with Gasteiger partial charge in [-0.3, -0.25) is 9.36 Å². The second-order valence-electron chi connectivity index (χ2n) is 6.42. The summed E-state index contributed by atoms with van der Waals surface area (Å²) >= 11 is 6.24. The topological polar surface area (TPSA) is 77.1 Å². The summed E-state index contributed by atoms with van der Waals surface area (Å²) in [6.45, 7) is 6.28. The van der Waals surface area contributed by atoms with Crippen molar-refractivity contribution in [3.8, 4) is 11.6 Å². The third-order valence-corrected chi connectivity index (χ3v) is 4.95. The van der Waals surface area contributed by atoms with Crippen molar-refractivity contribution in [1.29, 1.82) is 0 Å². The molecule has 8 heteroatoms. The van der Waals surface area contributed by atoms with E-state index in [1.54, 1.807) is 11.8 Å². The highest BCUT2D eigenvalue weighted by molar-refractivity contribution is 6.31. The Morgan fingerprint density at radius 2 is 2.04 bits per heavy atom. The first-order valence-corrected chi connectivity index (χ1v) is 8.74. The largest absolute Gasteiger partial charge is 0.437 e. The molecule has 4 rings (SSSR count). The monoisotopic (exact) mass is 371 g/mol. The van der Waals surface area contributed by atoms with Crippen LogP contribution >= 0.6 is 11.6 Å². The quantitative estimate of drug-likeness (QED) is 0.705. The van der Waals surface area contributed by atoms with Gasteiger partial charge in [-0.05, 0) is 25.5 Å². The van der Waals surface area contributed by atoms with E-state index in [4.69, 9.17) is 16.0 Å². The van der Waals surface area contributed by atoms with E-state index in [9.17, 15) is 4.79 Å². The van der Waals surface area contributed by atoms with E-state index in [1.165, 1.54) is 0 Å². The van der Waals surface area contributed by atoms with Gasteiger partial charge >= 0.3 is 0 Å². The molecule has 1 atom stereocenters. The van der Waals surface area contributed by atoms with Crippen LogP contribution in [-0.4, -0.2) is 30.6 Å². The van der Waals surface area contributed by atoms with Gasteiger partial charge in [-0.25, -0.2) is 4.98 Å². The molecule has 0 fully saturated rings. The number of nitrogens with zero attached hydrogens (tertiary/aromatic N) is 5. The Morgan fingerprint density at radius 3 is 2.73 bits per heavy atom. The van der Waals surface area contributed by atoms with Crippen LogP contribution in [0.2, 0.25) is 5.02 Å². The highest BCUT2D eigenvalue weighted by Gasteiger charge is 2.35. The zero-order chi connectivity index (χ0) is 18.4. The standard InChI is InChI=1S/C18H18ClN5O2/c1-10-16(26-12(3)20-10)17-22-21-15-9-23(18(25)11(2)24(15)17)8-13-6-4-5-7-14(13)19/h4-7,11H,8-9H2,1-3H3/t11-/m0/s1. The molecule has 7 nitrogen and oxygen atoms in total. The molecule has 0 N–H and O–H groups in total. The normalized spacial score (nSPS) is 16.8. The molecule has 26 heavy (non-hydrogen) atoms. The van der Waals surface area contributed by atoms with E-state index in [2.05, 4.69) is 15.2 Å². The number of hydrogen-bond acceptors (Lipinski definition) is 5. The number of fused-ring (bicyclic) bond motifs is 1. The number of oxazole rings is 1. The van der Waals surface area contributed by atoms with Crippen LogP contribution in [0.4, 0.5) is 0 Å². The first-order valence-electron chi connectivity index (χ1n) is 8.36. The van der Waals surface area contributed by atoms with Gasteiger partial charge in [0.2, 0.25) is 11.7 Å².